The number of hydrogen-bond donors (Lipinski definition) is 2. The molecule has 1 aromatic heterocycles. The smallest absolute Gasteiger partial charge is 0.224 e. The Bertz CT molecular complexity index is 598. The molecule has 20 heavy (non-hydrogen) atoms. The van der Waals surface area contributed by atoms with E-state index in [1.807, 2.05) is 39.0 Å². The summed E-state index contributed by atoms with van der Waals surface area (Å²) >= 11 is 0. The Hall–Kier alpha value is -2.17. The highest BCUT2D eigenvalue weighted by molar-refractivity contribution is 5.62. The van der Waals surface area contributed by atoms with Crippen molar-refractivity contribution in [3.05, 3.63) is 41.3 Å². The van der Waals surface area contributed by atoms with Gasteiger partial charge in [0.05, 0.1) is 6.20 Å². The molecule has 0 saturated carbocycles. The third kappa shape index (κ3) is 3.23. The summed E-state index contributed by atoms with van der Waals surface area (Å²) in [6.07, 6.45) is 2.14. The molecule has 0 saturated heterocycles. The largest absolute Gasteiger partial charge is 0.354 e. The lowest BCUT2D eigenvalue weighted by Crippen LogP contribution is -2.07. The van der Waals surface area contributed by atoms with Crippen LogP contribution >= 0.6 is 0 Å². The molecule has 0 amide bonds. The van der Waals surface area contributed by atoms with Gasteiger partial charge >= 0.3 is 0 Å². The Labute approximate surface area is 118 Å². The second kappa shape index (κ2) is 6.32. The summed E-state index contributed by atoms with van der Waals surface area (Å²) in [6, 6.07) is 5.86. The normalized spacial score (nSPS) is 10.4. The number of aromatic nitrogens is 2. The molecule has 0 aliphatic rings. The maximum Gasteiger partial charge on any atom is 0.224 e. The van der Waals surface area contributed by atoms with Crippen LogP contribution in [0.25, 0.3) is 0 Å². The van der Waals surface area contributed by atoms with Gasteiger partial charge < -0.3 is 10.6 Å². The van der Waals surface area contributed by atoms with Crippen molar-refractivity contribution in [1.29, 1.82) is 0 Å². The highest BCUT2D eigenvalue weighted by Crippen LogP contribution is 2.23. The Kier molecular flexibility index (Phi) is 4.50. The fourth-order valence-corrected chi connectivity index (χ4v) is 1.79. The van der Waals surface area contributed by atoms with Gasteiger partial charge in [-0.1, -0.05) is 19.1 Å². The number of nitrogens with zero attached hydrogens (tertiary/aromatic N) is 2. The van der Waals surface area contributed by atoms with Gasteiger partial charge in [-0.05, 0) is 37.5 Å². The Morgan fingerprint density at radius 3 is 2.80 bits per heavy atom. The molecule has 0 spiro atoms. The van der Waals surface area contributed by atoms with Crippen LogP contribution < -0.4 is 10.6 Å². The van der Waals surface area contributed by atoms with E-state index in [9.17, 15) is 4.39 Å². The molecule has 2 aromatic rings. The van der Waals surface area contributed by atoms with E-state index < -0.39 is 5.82 Å². The number of nitrogens with one attached hydrogen (secondary N) is 2. The highest BCUT2D eigenvalue weighted by atomic mass is 19.1. The first kappa shape index (κ1) is 14.2. The van der Waals surface area contributed by atoms with Gasteiger partial charge in [-0.3, -0.25) is 0 Å². The summed E-state index contributed by atoms with van der Waals surface area (Å²) in [4.78, 5) is 8.09. The first-order valence-corrected chi connectivity index (χ1v) is 6.71. The van der Waals surface area contributed by atoms with Crippen molar-refractivity contribution < 1.29 is 4.39 Å². The Morgan fingerprint density at radius 1 is 1.25 bits per heavy atom. The van der Waals surface area contributed by atoms with Gasteiger partial charge in [0.25, 0.3) is 0 Å². The number of hydrogen-bond acceptors (Lipinski definition) is 4. The monoisotopic (exact) mass is 274 g/mol. The van der Waals surface area contributed by atoms with Crippen molar-refractivity contribution in [2.24, 2.45) is 0 Å². The third-order valence-electron chi connectivity index (χ3n) is 3.13. The first-order valence-electron chi connectivity index (χ1n) is 6.71. The van der Waals surface area contributed by atoms with E-state index in [0.29, 0.717) is 5.95 Å². The van der Waals surface area contributed by atoms with Gasteiger partial charge in [0.1, 0.15) is 0 Å². The van der Waals surface area contributed by atoms with Crippen LogP contribution in [0, 0.1) is 19.7 Å². The lowest BCUT2D eigenvalue weighted by atomic mass is 10.1. The highest BCUT2D eigenvalue weighted by Gasteiger charge is 2.09. The van der Waals surface area contributed by atoms with E-state index in [1.54, 1.807) is 0 Å². The molecule has 0 fully saturated rings. The van der Waals surface area contributed by atoms with E-state index in [0.717, 1.165) is 29.8 Å². The van der Waals surface area contributed by atoms with Crippen molar-refractivity contribution in [3.8, 4) is 0 Å². The molecule has 1 aromatic carbocycles. The molecule has 0 unspecified atom stereocenters. The van der Waals surface area contributed by atoms with E-state index in [-0.39, 0.29) is 5.82 Å². The SMILES string of the molecule is CCCNc1ncc(F)c(Nc2cccc(C)c2C)n1. The zero-order chi connectivity index (χ0) is 14.5. The molecule has 0 aliphatic heterocycles. The number of rotatable bonds is 5. The minimum absolute atomic E-state index is 0.187. The summed E-state index contributed by atoms with van der Waals surface area (Å²) in [6.45, 7) is 6.82. The molecule has 0 bridgehead atoms. The second-order valence-corrected chi connectivity index (χ2v) is 4.69. The van der Waals surface area contributed by atoms with E-state index >= 15 is 0 Å². The predicted molar refractivity (Wildman–Crippen MR) is 80.0 cm³/mol. The van der Waals surface area contributed by atoms with Gasteiger partial charge in [-0.15, -0.1) is 0 Å². The van der Waals surface area contributed by atoms with E-state index in [2.05, 4.69) is 20.6 Å². The number of anilines is 3. The lowest BCUT2D eigenvalue weighted by Gasteiger charge is -2.12. The van der Waals surface area contributed by atoms with Gasteiger partial charge in [0.15, 0.2) is 11.6 Å². The number of aryl methyl sites for hydroxylation is 1. The summed E-state index contributed by atoms with van der Waals surface area (Å²) in [5.41, 5.74) is 3.08. The van der Waals surface area contributed by atoms with Crippen LogP contribution in [0.2, 0.25) is 0 Å². The van der Waals surface area contributed by atoms with Gasteiger partial charge in [0.2, 0.25) is 5.95 Å². The Morgan fingerprint density at radius 2 is 2.05 bits per heavy atom. The molecular formula is C15H19FN4. The van der Waals surface area contributed by atoms with Crippen LogP contribution in [-0.4, -0.2) is 16.5 Å². The van der Waals surface area contributed by atoms with Crippen molar-refractivity contribution in [2.75, 3.05) is 17.2 Å². The molecule has 5 heteroatoms. The summed E-state index contributed by atoms with van der Waals surface area (Å²) in [5, 5.41) is 6.08. The van der Waals surface area contributed by atoms with Crippen LogP contribution in [0.4, 0.5) is 21.8 Å². The van der Waals surface area contributed by atoms with Crippen LogP contribution in [0.1, 0.15) is 24.5 Å². The molecule has 0 atom stereocenters. The third-order valence-corrected chi connectivity index (χ3v) is 3.13. The first-order chi connectivity index (χ1) is 9.61. The lowest BCUT2D eigenvalue weighted by molar-refractivity contribution is 0.619. The summed E-state index contributed by atoms with van der Waals surface area (Å²) in [5.74, 6) is 0.154. The van der Waals surface area contributed by atoms with Gasteiger partial charge in [-0.25, -0.2) is 9.37 Å². The van der Waals surface area contributed by atoms with Crippen LogP contribution in [0.15, 0.2) is 24.4 Å². The molecule has 2 rings (SSSR count). The average molecular weight is 274 g/mol. The predicted octanol–water partition coefficient (Wildman–Crippen LogP) is 3.80. The topological polar surface area (TPSA) is 49.8 Å². The fourth-order valence-electron chi connectivity index (χ4n) is 1.79. The van der Waals surface area contributed by atoms with Crippen molar-refractivity contribution >= 4 is 17.5 Å². The van der Waals surface area contributed by atoms with Crippen molar-refractivity contribution in [1.82, 2.24) is 9.97 Å². The molecule has 106 valence electrons. The van der Waals surface area contributed by atoms with E-state index in [4.69, 9.17) is 0 Å². The molecule has 1 heterocycles. The maximum absolute atomic E-state index is 13.8. The number of benzene rings is 1. The van der Waals surface area contributed by atoms with E-state index in [1.165, 1.54) is 6.20 Å². The summed E-state index contributed by atoms with van der Waals surface area (Å²) < 4.78 is 13.8. The number of halogens is 1. The zero-order valence-corrected chi connectivity index (χ0v) is 12.0. The molecule has 4 nitrogen and oxygen atoms in total. The maximum atomic E-state index is 13.8. The molecular weight excluding hydrogens is 255 g/mol. The standard InChI is InChI=1S/C15H19FN4/c1-4-8-17-15-18-9-12(16)14(20-15)19-13-7-5-6-10(2)11(13)3/h5-7,9H,4,8H2,1-3H3,(H2,17,18,19,20). The Balaban J connectivity index is 2.26. The quantitative estimate of drug-likeness (QED) is 0.870. The van der Waals surface area contributed by atoms with Crippen LogP contribution in [0.3, 0.4) is 0 Å². The minimum atomic E-state index is -0.465. The molecule has 0 aliphatic carbocycles. The second-order valence-electron chi connectivity index (χ2n) is 4.69. The fraction of sp³-hybridized carbons (Fsp3) is 0.333. The van der Waals surface area contributed by atoms with Gasteiger partial charge in [0, 0.05) is 12.2 Å². The minimum Gasteiger partial charge on any atom is -0.354 e. The van der Waals surface area contributed by atoms with Crippen LogP contribution in [0.5, 0.6) is 0 Å². The van der Waals surface area contributed by atoms with Crippen molar-refractivity contribution in [3.63, 3.8) is 0 Å². The van der Waals surface area contributed by atoms with Crippen LogP contribution in [-0.2, 0) is 0 Å². The average Bonchev–Trinajstić information content (AvgIpc) is 2.44. The van der Waals surface area contributed by atoms with Gasteiger partial charge in [-0.2, -0.15) is 4.98 Å². The zero-order valence-electron chi connectivity index (χ0n) is 12.0. The molecule has 2 N–H and O–H groups in total. The summed E-state index contributed by atoms with van der Waals surface area (Å²) in [7, 11) is 0. The molecule has 0 radical (unpaired) electrons. The van der Waals surface area contributed by atoms with Crippen molar-refractivity contribution in [2.45, 2.75) is 27.2 Å².